The average molecular weight is 283 g/mol. The van der Waals surface area contributed by atoms with E-state index >= 15 is 0 Å². The Morgan fingerprint density at radius 2 is 2.14 bits per heavy atom. The number of aryl methyl sites for hydroxylation is 1. The molecule has 0 unspecified atom stereocenters. The number of carboxylic acid groups (broad SMARTS) is 1. The summed E-state index contributed by atoms with van der Waals surface area (Å²) < 4.78 is 5.48. The Balaban J connectivity index is 1.90. The second-order valence-electron chi connectivity index (χ2n) is 4.63. The summed E-state index contributed by atoms with van der Waals surface area (Å²) in [6.07, 6.45) is 1.41. The minimum atomic E-state index is -0.976. The monoisotopic (exact) mass is 283 g/mol. The van der Waals surface area contributed by atoms with Crippen molar-refractivity contribution in [1.29, 1.82) is 0 Å². The number of carbonyl (C=O) groups is 1. The van der Waals surface area contributed by atoms with Gasteiger partial charge in [0.1, 0.15) is 23.7 Å². The number of carboxylic acids is 1. The van der Waals surface area contributed by atoms with Crippen LogP contribution in [0.3, 0.4) is 0 Å². The van der Waals surface area contributed by atoms with Crippen LogP contribution >= 0.6 is 0 Å². The molecule has 0 bridgehead atoms. The topological polar surface area (TPSA) is 88.2 Å². The van der Waals surface area contributed by atoms with Crippen molar-refractivity contribution < 1.29 is 14.3 Å². The van der Waals surface area contributed by atoms with E-state index in [0.29, 0.717) is 17.9 Å². The molecule has 6 nitrogen and oxygen atoms in total. The van der Waals surface area contributed by atoms with Gasteiger partial charge >= 0.3 is 5.97 Å². The maximum atomic E-state index is 11.0. The van der Waals surface area contributed by atoms with Gasteiger partial charge in [-0.15, -0.1) is 0 Å². The first-order chi connectivity index (χ1) is 10.1. The van der Waals surface area contributed by atoms with Crippen molar-refractivity contribution in [1.82, 2.24) is 9.97 Å². The Morgan fingerprint density at radius 1 is 1.29 bits per heavy atom. The molecule has 3 aromatic rings. The Labute approximate surface area is 120 Å². The highest BCUT2D eigenvalue weighted by Gasteiger charge is 2.08. The molecule has 2 aromatic heterocycles. The molecule has 21 heavy (non-hydrogen) atoms. The van der Waals surface area contributed by atoms with Gasteiger partial charge in [0.25, 0.3) is 0 Å². The van der Waals surface area contributed by atoms with Crippen molar-refractivity contribution in [3.05, 3.63) is 53.7 Å². The number of anilines is 1. The van der Waals surface area contributed by atoms with Gasteiger partial charge in [-0.2, -0.15) is 0 Å². The number of benzene rings is 1. The van der Waals surface area contributed by atoms with Gasteiger partial charge in [0.2, 0.25) is 0 Å². The summed E-state index contributed by atoms with van der Waals surface area (Å²) in [7, 11) is 0. The van der Waals surface area contributed by atoms with Crippen molar-refractivity contribution in [3.63, 3.8) is 0 Å². The Kier molecular flexibility index (Phi) is 3.27. The number of rotatable bonds is 4. The molecular formula is C15H13N3O3. The average Bonchev–Trinajstić information content (AvgIpc) is 2.90. The highest BCUT2D eigenvalue weighted by atomic mass is 16.4. The number of nitrogens with one attached hydrogen (secondary N) is 1. The van der Waals surface area contributed by atoms with E-state index in [0.717, 1.165) is 16.9 Å². The van der Waals surface area contributed by atoms with Crippen LogP contribution in [0.2, 0.25) is 0 Å². The quantitative estimate of drug-likeness (QED) is 0.765. The van der Waals surface area contributed by atoms with Gasteiger partial charge in [0.15, 0.2) is 0 Å². The van der Waals surface area contributed by atoms with E-state index in [-0.39, 0.29) is 5.56 Å². The van der Waals surface area contributed by atoms with Crippen LogP contribution in [0.4, 0.5) is 5.82 Å². The fourth-order valence-electron chi connectivity index (χ4n) is 2.08. The van der Waals surface area contributed by atoms with Crippen LogP contribution in [0.25, 0.3) is 10.9 Å². The lowest BCUT2D eigenvalue weighted by Crippen LogP contribution is -2.02. The van der Waals surface area contributed by atoms with Crippen LogP contribution in [0.15, 0.2) is 41.1 Å². The molecule has 0 saturated carbocycles. The lowest BCUT2D eigenvalue weighted by Gasteiger charge is -2.07. The van der Waals surface area contributed by atoms with Crippen LogP contribution in [-0.4, -0.2) is 21.0 Å². The third-order valence-corrected chi connectivity index (χ3v) is 3.11. The molecule has 2 heterocycles. The van der Waals surface area contributed by atoms with Crippen molar-refractivity contribution in [2.24, 2.45) is 0 Å². The highest BCUT2D eigenvalue weighted by Crippen LogP contribution is 2.21. The second-order valence-corrected chi connectivity index (χ2v) is 4.63. The zero-order chi connectivity index (χ0) is 14.8. The molecule has 0 spiro atoms. The van der Waals surface area contributed by atoms with E-state index in [1.165, 1.54) is 18.5 Å². The van der Waals surface area contributed by atoms with Crippen LogP contribution < -0.4 is 5.32 Å². The fourth-order valence-corrected chi connectivity index (χ4v) is 2.08. The molecule has 106 valence electrons. The molecule has 0 aliphatic rings. The first-order valence-corrected chi connectivity index (χ1v) is 6.41. The summed E-state index contributed by atoms with van der Waals surface area (Å²) in [6, 6.07) is 8.56. The highest BCUT2D eigenvalue weighted by molar-refractivity contribution is 5.96. The molecule has 6 heteroatoms. The van der Waals surface area contributed by atoms with Gasteiger partial charge in [-0.3, -0.25) is 0 Å². The summed E-state index contributed by atoms with van der Waals surface area (Å²) >= 11 is 0. The van der Waals surface area contributed by atoms with Crippen LogP contribution in [-0.2, 0) is 6.54 Å². The van der Waals surface area contributed by atoms with Gasteiger partial charge in [0.05, 0.1) is 17.6 Å². The van der Waals surface area contributed by atoms with Gasteiger partial charge in [-0.25, -0.2) is 14.8 Å². The van der Waals surface area contributed by atoms with E-state index in [4.69, 9.17) is 9.52 Å². The molecule has 0 aliphatic heterocycles. The summed E-state index contributed by atoms with van der Waals surface area (Å²) in [5.74, 6) is 1.33. The van der Waals surface area contributed by atoms with E-state index in [2.05, 4.69) is 15.3 Å². The SMILES string of the molecule is Cc1ccc(CNc2ncnc3cc(C(=O)O)ccc23)o1. The summed E-state index contributed by atoms with van der Waals surface area (Å²) in [5.41, 5.74) is 0.789. The van der Waals surface area contributed by atoms with E-state index in [9.17, 15) is 4.79 Å². The first-order valence-electron chi connectivity index (χ1n) is 6.41. The van der Waals surface area contributed by atoms with Crippen molar-refractivity contribution >= 4 is 22.7 Å². The van der Waals surface area contributed by atoms with Crippen molar-refractivity contribution in [2.75, 3.05) is 5.32 Å². The standard InChI is InChI=1S/C15H13N3O3/c1-9-2-4-11(21-9)7-16-14-12-5-3-10(15(19)20)6-13(12)17-8-18-14/h2-6,8H,7H2,1H3,(H,19,20)(H,16,17,18). The van der Waals surface area contributed by atoms with Crippen molar-refractivity contribution in [3.8, 4) is 0 Å². The summed E-state index contributed by atoms with van der Waals surface area (Å²) in [5, 5.41) is 12.9. The van der Waals surface area contributed by atoms with Gasteiger partial charge < -0.3 is 14.8 Å². The first kappa shape index (κ1) is 13.1. The zero-order valence-electron chi connectivity index (χ0n) is 11.3. The number of fused-ring (bicyclic) bond motifs is 1. The summed E-state index contributed by atoms with van der Waals surface area (Å²) in [4.78, 5) is 19.3. The number of aromatic nitrogens is 2. The largest absolute Gasteiger partial charge is 0.478 e. The lowest BCUT2D eigenvalue weighted by atomic mass is 10.1. The molecule has 0 saturated heterocycles. The number of furan rings is 1. The molecule has 0 fully saturated rings. The van der Waals surface area contributed by atoms with Crippen molar-refractivity contribution in [2.45, 2.75) is 13.5 Å². The predicted molar refractivity (Wildman–Crippen MR) is 77.3 cm³/mol. The number of hydrogen-bond acceptors (Lipinski definition) is 5. The Hall–Kier alpha value is -2.89. The molecule has 2 N–H and O–H groups in total. The number of nitrogens with zero attached hydrogens (tertiary/aromatic N) is 2. The zero-order valence-corrected chi connectivity index (χ0v) is 11.3. The third-order valence-electron chi connectivity index (χ3n) is 3.11. The fraction of sp³-hybridized carbons (Fsp3) is 0.133. The van der Waals surface area contributed by atoms with Crippen LogP contribution in [0.5, 0.6) is 0 Å². The molecule has 1 aromatic carbocycles. The molecular weight excluding hydrogens is 270 g/mol. The normalized spacial score (nSPS) is 10.7. The van der Waals surface area contributed by atoms with E-state index < -0.39 is 5.97 Å². The predicted octanol–water partition coefficient (Wildman–Crippen LogP) is 2.84. The smallest absolute Gasteiger partial charge is 0.335 e. The molecule has 0 amide bonds. The maximum Gasteiger partial charge on any atom is 0.335 e. The Bertz CT molecular complexity index is 811. The van der Waals surface area contributed by atoms with Crippen LogP contribution in [0.1, 0.15) is 21.9 Å². The number of aromatic carboxylic acids is 1. The minimum Gasteiger partial charge on any atom is -0.478 e. The molecule has 0 radical (unpaired) electrons. The molecule has 0 atom stereocenters. The minimum absolute atomic E-state index is 0.203. The second kappa shape index (κ2) is 5.24. The van der Waals surface area contributed by atoms with Crippen LogP contribution in [0, 0.1) is 6.92 Å². The van der Waals surface area contributed by atoms with E-state index in [1.807, 2.05) is 19.1 Å². The Morgan fingerprint density at radius 3 is 2.86 bits per heavy atom. The molecule has 3 rings (SSSR count). The van der Waals surface area contributed by atoms with Gasteiger partial charge in [0, 0.05) is 5.39 Å². The molecule has 0 aliphatic carbocycles. The number of hydrogen-bond donors (Lipinski definition) is 2. The van der Waals surface area contributed by atoms with E-state index in [1.54, 1.807) is 6.07 Å². The third kappa shape index (κ3) is 2.69. The lowest BCUT2D eigenvalue weighted by molar-refractivity contribution is 0.0697. The van der Waals surface area contributed by atoms with Gasteiger partial charge in [-0.05, 0) is 37.3 Å². The summed E-state index contributed by atoms with van der Waals surface area (Å²) in [6.45, 7) is 2.39. The van der Waals surface area contributed by atoms with Gasteiger partial charge in [-0.1, -0.05) is 0 Å². The maximum absolute atomic E-state index is 11.0.